The Morgan fingerprint density at radius 2 is 1.89 bits per heavy atom. The van der Waals surface area contributed by atoms with Crippen LogP contribution in [0.25, 0.3) is 16.4 Å². The summed E-state index contributed by atoms with van der Waals surface area (Å²) in [7, 11) is 0. The minimum absolute atomic E-state index is 0.238. The number of hydrogen-bond donors (Lipinski definition) is 2. The van der Waals surface area contributed by atoms with E-state index in [1.807, 2.05) is 6.07 Å². The lowest BCUT2D eigenvalue weighted by Gasteiger charge is -2.07. The fourth-order valence-electron chi connectivity index (χ4n) is 2.73. The van der Waals surface area contributed by atoms with Gasteiger partial charge in [-0.3, -0.25) is 24.8 Å². The molecule has 0 fully saturated rings. The van der Waals surface area contributed by atoms with Gasteiger partial charge in [0.2, 0.25) is 0 Å². The van der Waals surface area contributed by atoms with Crippen molar-refractivity contribution >= 4 is 28.8 Å². The maximum Gasteiger partial charge on any atom is 0.289 e. The number of carbonyl (C=O) groups excluding carboxylic acids is 2. The van der Waals surface area contributed by atoms with E-state index in [2.05, 4.69) is 20.8 Å². The van der Waals surface area contributed by atoms with Crippen LogP contribution in [0, 0.1) is 13.8 Å². The van der Waals surface area contributed by atoms with E-state index in [1.165, 1.54) is 11.3 Å². The summed E-state index contributed by atoms with van der Waals surface area (Å²) in [4.78, 5) is 34.3. The summed E-state index contributed by atoms with van der Waals surface area (Å²) in [5.74, 6) is -0.368. The lowest BCUT2D eigenvalue weighted by molar-refractivity contribution is 0.0840. The van der Waals surface area contributed by atoms with Crippen molar-refractivity contribution in [2.24, 2.45) is 0 Å². The van der Waals surface area contributed by atoms with Crippen molar-refractivity contribution in [1.82, 2.24) is 25.2 Å². The van der Waals surface area contributed by atoms with Gasteiger partial charge in [0.15, 0.2) is 10.8 Å². The van der Waals surface area contributed by atoms with Crippen molar-refractivity contribution in [2.75, 3.05) is 0 Å². The van der Waals surface area contributed by atoms with Gasteiger partial charge in [-0.25, -0.2) is 9.97 Å². The molecule has 0 unspecified atom stereocenters. The zero-order valence-corrected chi connectivity index (χ0v) is 15.3. The molecule has 4 heterocycles. The second kappa shape index (κ2) is 6.69. The summed E-state index contributed by atoms with van der Waals surface area (Å²) < 4.78 is 6.97. The molecule has 0 bridgehead atoms. The molecule has 4 aromatic heterocycles. The summed E-state index contributed by atoms with van der Waals surface area (Å²) in [6.45, 7) is 3.53. The van der Waals surface area contributed by atoms with Crippen LogP contribution in [0.1, 0.15) is 31.5 Å². The molecule has 27 heavy (non-hydrogen) atoms. The first-order valence-electron chi connectivity index (χ1n) is 8.10. The Bertz CT molecular complexity index is 1140. The second-order valence-corrected chi connectivity index (χ2v) is 6.99. The Kier molecular flexibility index (Phi) is 4.21. The maximum absolute atomic E-state index is 12.5. The Morgan fingerprint density at radius 3 is 2.67 bits per heavy atom. The van der Waals surface area contributed by atoms with Crippen LogP contribution in [0.5, 0.6) is 0 Å². The molecule has 0 radical (unpaired) electrons. The van der Waals surface area contributed by atoms with E-state index < -0.39 is 11.8 Å². The highest BCUT2D eigenvalue weighted by Gasteiger charge is 2.20. The van der Waals surface area contributed by atoms with E-state index >= 15 is 0 Å². The minimum Gasteiger partial charge on any atom is -0.462 e. The Balaban J connectivity index is 1.51. The first-order valence-corrected chi connectivity index (χ1v) is 8.92. The van der Waals surface area contributed by atoms with Gasteiger partial charge in [0.1, 0.15) is 17.0 Å². The normalized spacial score (nSPS) is 10.9. The Hall–Kier alpha value is -3.46. The average Bonchev–Trinajstić information content (AvgIpc) is 3.36. The van der Waals surface area contributed by atoms with Gasteiger partial charge in [-0.15, -0.1) is 11.3 Å². The molecule has 0 atom stereocenters. The van der Waals surface area contributed by atoms with E-state index in [4.69, 9.17) is 4.42 Å². The van der Waals surface area contributed by atoms with E-state index in [1.54, 1.807) is 55.0 Å². The van der Waals surface area contributed by atoms with Crippen molar-refractivity contribution in [2.45, 2.75) is 13.8 Å². The quantitative estimate of drug-likeness (QED) is 0.531. The fourth-order valence-corrected chi connectivity index (χ4v) is 3.61. The molecule has 0 aliphatic heterocycles. The number of furan rings is 1. The number of nitrogens with zero attached hydrogens (tertiary/aromatic N) is 3. The van der Waals surface area contributed by atoms with Crippen molar-refractivity contribution < 1.29 is 14.0 Å². The molecule has 0 spiro atoms. The summed E-state index contributed by atoms with van der Waals surface area (Å²) in [6.07, 6.45) is 3.29. The van der Waals surface area contributed by atoms with E-state index in [9.17, 15) is 9.59 Å². The minimum atomic E-state index is -0.499. The molecule has 0 aromatic carbocycles. The summed E-state index contributed by atoms with van der Waals surface area (Å²) in [5, 5.41) is 0.603. The molecule has 0 aliphatic rings. The predicted molar refractivity (Wildman–Crippen MR) is 99.4 cm³/mol. The standard InChI is InChI=1S/C18H15N5O3S/c1-10-15(23-8-4-3-7-13(23)19-10)17(25)22-21-16(24)14-11(2)27-18(20-14)12-6-5-9-26-12/h3-9H,1-2H3,(H,21,24)(H,22,25). The maximum atomic E-state index is 12.5. The van der Waals surface area contributed by atoms with E-state index in [0.717, 1.165) is 4.88 Å². The number of pyridine rings is 1. The Morgan fingerprint density at radius 1 is 1.07 bits per heavy atom. The van der Waals surface area contributed by atoms with Crippen molar-refractivity contribution in [1.29, 1.82) is 0 Å². The van der Waals surface area contributed by atoms with Crippen LogP contribution in [0.2, 0.25) is 0 Å². The van der Waals surface area contributed by atoms with Crippen LogP contribution in [0.3, 0.4) is 0 Å². The molecule has 2 amide bonds. The van der Waals surface area contributed by atoms with Gasteiger partial charge in [-0.2, -0.15) is 0 Å². The highest BCUT2D eigenvalue weighted by atomic mass is 32.1. The number of imidazole rings is 1. The van der Waals surface area contributed by atoms with Gasteiger partial charge in [-0.05, 0) is 38.1 Å². The summed E-state index contributed by atoms with van der Waals surface area (Å²) >= 11 is 1.34. The van der Waals surface area contributed by atoms with Gasteiger partial charge in [0, 0.05) is 11.1 Å². The lowest BCUT2D eigenvalue weighted by Crippen LogP contribution is -2.42. The number of rotatable bonds is 3. The van der Waals surface area contributed by atoms with Gasteiger partial charge in [0.05, 0.1) is 12.0 Å². The molecule has 0 aliphatic carbocycles. The van der Waals surface area contributed by atoms with Crippen LogP contribution in [0.15, 0.2) is 47.2 Å². The van der Waals surface area contributed by atoms with Gasteiger partial charge in [-0.1, -0.05) is 6.07 Å². The molecule has 4 rings (SSSR count). The number of hydrazine groups is 1. The number of carbonyl (C=O) groups is 2. The molecule has 9 heteroatoms. The van der Waals surface area contributed by atoms with Crippen molar-refractivity contribution in [3.63, 3.8) is 0 Å². The van der Waals surface area contributed by atoms with Crippen LogP contribution in [-0.2, 0) is 0 Å². The van der Waals surface area contributed by atoms with Crippen LogP contribution >= 0.6 is 11.3 Å². The predicted octanol–water partition coefficient (Wildman–Crippen LogP) is 2.74. The number of aromatic nitrogens is 3. The average molecular weight is 381 g/mol. The highest BCUT2D eigenvalue weighted by Crippen LogP contribution is 2.27. The smallest absolute Gasteiger partial charge is 0.289 e. The van der Waals surface area contributed by atoms with Crippen molar-refractivity contribution in [3.05, 3.63) is 64.8 Å². The SMILES string of the molecule is Cc1nc2ccccn2c1C(=O)NNC(=O)c1nc(-c2ccco2)sc1C. The van der Waals surface area contributed by atoms with Crippen LogP contribution < -0.4 is 10.9 Å². The summed E-state index contributed by atoms with van der Waals surface area (Å²) in [5.41, 5.74) is 6.66. The van der Waals surface area contributed by atoms with Gasteiger partial charge in [0.25, 0.3) is 11.8 Å². The molecule has 0 saturated carbocycles. The number of thiazole rings is 1. The molecular formula is C18H15N5O3S. The van der Waals surface area contributed by atoms with Crippen LogP contribution in [-0.4, -0.2) is 26.2 Å². The number of nitrogens with one attached hydrogen (secondary N) is 2. The van der Waals surface area contributed by atoms with Crippen molar-refractivity contribution in [3.8, 4) is 10.8 Å². The summed E-state index contributed by atoms with van der Waals surface area (Å²) in [6, 6.07) is 8.97. The molecule has 136 valence electrons. The number of hydrogen-bond acceptors (Lipinski definition) is 6. The highest BCUT2D eigenvalue weighted by molar-refractivity contribution is 7.15. The zero-order valence-electron chi connectivity index (χ0n) is 14.5. The molecule has 0 saturated heterocycles. The van der Waals surface area contributed by atoms with Gasteiger partial charge >= 0.3 is 0 Å². The molecule has 4 aromatic rings. The topological polar surface area (TPSA) is 102 Å². The third-order valence-electron chi connectivity index (χ3n) is 3.95. The third kappa shape index (κ3) is 3.08. The third-order valence-corrected chi connectivity index (χ3v) is 4.94. The fraction of sp³-hybridized carbons (Fsp3) is 0.111. The van der Waals surface area contributed by atoms with Gasteiger partial charge < -0.3 is 4.42 Å². The monoisotopic (exact) mass is 381 g/mol. The van der Waals surface area contributed by atoms with Crippen LogP contribution in [0.4, 0.5) is 0 Å². The molecule has 8 nitrogen and oxygen atoms in total. The molecular weight excluding hydrogens is 366 g/mol. The number of aryl methyl sites for hydroxylation is 2. The largest absolute Gasteiger partial charge is 0.462 e. The van der Waals surface area contributed by atoms with E-state index in [0.29, 0.717) is 27.8 Å². The lowest BCUT2D eigenvalue weighted by atomic mass is 10.3. The first-order chi connectivity index (χ1) is 13.0. The second-order valence-electron chi connectivity index (χ2n) is 5.78. The first kappa shape index (κ1) is 17.0. The zero-order chi connectivity index (χ0) is 19.0. The number of fused-ring (bicyclic) bond motifs is 1. The Labute approximate surface area is 157 Å². The number of amides is 2. The molecule has 2 N–H and O–H groups in total. The van der Waals surface area contributed by atoms with E-state index in [-0.39, 0.29) is 5.69 Å².